The van der Waals surface area contributed by atoms with Crippen LogP contribution in [-0.4, -0.2) is 11.0 Å². The Labute approximate surface area is 114 Å². The van der Waals surface area contributed by atoms with Gasteiger partial charge in [-0.2, -0.15) is 0 Å². The molecule has 18 heavy (non-hydrogen) atoms. The number of aromatic nitrogens is 1. The third-order valence-electron chi connectivity index (χ3n) is 2.25. The van der Waals surface area contributed by atoms with Gasteiger partial charge in [-0.05, 0) is 37.3 Å². The molecule has 0 radical (unpaired) electrons. The number of carbonyl (C=O) groups excluding carboxylic acids is 1. The van der Waals surface area contributed by atoms with E-state index < -0.39 is 5.97 Å². The van der Waals surface area contributed by atoms with Gasteiger partial charge in [0.05, 0.1) is 21.8 Å². The predicted molar refractivity (Wildman–Crippen MR) is 70.4 cm³/mol. The number of pyridine rings is 1. The molecule has 92 valence electrons. The molecule has 0 aliphatic heterocycles. The highest BCUT2D eigenvalue weighted by atomic mass is 35.5. The fourth-order valence-corrected chi connectivity index (χ4v) is 1.60. The van der Waals surface area contributed by atoms with Gasteiger partial charge in [-0.15, -0.1) is 0 Å². The SMILES string of the molecule is Cc1ccc(OC(=O)c2ccc(Cl)c(Cl)c2)cn1. The third kappa shape index (κ3) is 3.00. The summed E-state index contributed by atoms with van der Waals surface area (Å²) in [6, 6.07) is 8.01. The number of hydrogen-bond donors (Lipinski definition) is 0. The second-order valence-electron chi connectivity index (χ2n) is 3.65. The van der Waals surface area contributed by atoms with Crippen molar-refractivity contribution in [3.05, 3.63) is 57.8 Å². The highest BCUT2D eigenvalue weighted by Crippen LogP contribution is 2.23. The van der Waals surface area contributed by atoms with Crippen LogP contribution in [0, 0.1) is 6.92 Å². The van der Waals surface area contributed by atoms with Crippen LogP contribution in [0.1, 0.15) is 16.1 Å². The van der Waals surface area contributed by atoms with E-state index in [1.807, 2.05) is 6.92 Å². The number of rotatable bonds is 2. The standard InChI is InChI=1S/C13H9Cl2NO2/c1-8-2-4-10(7-16-8)18-13(17)9-3-5-11(14)12(15)6-9/h2-7H,1H3. The Morgan fingerprint density at radius 2 is 1.94 bits per heavy atom. The van der Waals surface area contributed by atoms with Crippen LogP contribution in [0.4, 0.5) is 0 Å². The number of hydrogen-bond acceptors (Lipinski definition) is 3. The third-order valence-corrected chi connectivity index (χ3v) is 2.99. The largest absolute Gasteiger partial charge is 0.421 e. The number of ether oxygens (including phenoxy) is 1. The van der Waals surface area contributed by atoms with Gasteiger partial charge in [-0.1, -0.05) is 23.2 Å². The molecule has 0 saturated heterocycles. The van der Waals surface area contributed by atoms with Crippen molar-refractivity contribution in [2.75, 3.05) is 0 Å². The molecule has 0 spiro atoms. The Balaban J connectivity index is 2.16. The van der Waals surface area contributed by atoms with Crippen LogP contribution < -0.4 is 4.74 Å². The van der Waals surface area contributed by atoms with Gasteiger partial charge in [0.25, 0.3) is 0 Å². The number of carbonyl (C=O) groups is 1. The molecule has 0 aliphatic carbocycles. The smallest absolute Gasteiger partial charge is 0.343 e. The normalized spacial score (nSPS) is 10.2. The summed E-state index contributed by atoms with van der Waals surface area (Å²) in [5, 5.41) is 0.707. The Morgan fingerprint density at radius 1 is 1.17 bits per heavy atom. The molecule has 1 heterocycles. The molecule has 1 aromatic carbocycles. The van der Waals surface area contributed by atoms with Crippen molar-refractivity contribution in [2.45, 2.75) is 6.92 Å². The quantitative estimate of drug-likeness (QED) is 0.784. The minimum atomic E-state index is -0.501. The van der Waals surface area contributed by atoms with Crippen LogP contribution in [0.2, 0.25) is 10.0 Å². The minimum Gasteiger partial charge on any atom is -0.421 e. The number of nitrogens with zero attached hydrogens (tertiary/aromatic N) is 1. The Hall–Kier alpha value is -1.58. The lowest BCUT2D eigenvalue weighted by Crippen LogP contribution is -2.08. The average molecular weight is 282 g/mol. The summed E-state index contributed by atoms with van der Waals surface area (Å²) in [6.07, 6.45) is 1.49. The van der Waals surface area contributed by atoms with Gasteiger partial charge < -0.3 is 4.74 Å². The fourth-order valence-electron chi connectivity index (χ4n) is 1.30. The topological polar surface area (TPSA) is 39.2 Å². The van der Waals surface area contributed by atoms with Crippen molar-refractivity contribution < 1.29 is 9.53 Å². The van der Waals surface area contributed by atoms with Crippen LogP contribution >= 0.6 is 23.2 Å². The van der Waals surface area contributed by atoms with Crippen LogP contribution in [0.3, 0.4) is 0 Å². The van der Waals surface area contributed by atoms with Gasteiger partial charge in [-0.25, -0.2) is 4.79 Å². The predicted octanol–water partition coefficient (Wildman–Crippen LogP) is 3.92. The summed E-state index contributed by atoms with van der Waals surface area (Å²) in [5.41, 5.74) is 1.19. The molecule has 0 aliphatic rings. The number of benzene rings is 1. The lowest BCUT2D eigenvalue weighted by Gasteiger charge is -2.05. The Morgan fingerprint density at radius 3 is 2.56 bits per heavy atom. The van der Waals surface area contributed by atoms with Crippen LogP contribution in [0.25, 0.3) is 0 Å². The second kappa shape index (κ2) is 5.38. The first-order valence-electron chi connectivity index (χ1n) is 5.16. The van der Waals surface area contributed by atoms with Gasteiger partial charge >= 0.3 is 5.97 Å². The van der Waals surface area contributed by atoms with E-state index in [9.17, 15) is 4.79 Å². The van der Waals surface area contributed by atoms with Crippen molar-refractivity contribution in [3.8, 4) is 5.75 Å². The van der Waals surface area contributed by atoms with E-state index in [4.69, 9.17) is 27.9 Å². The molecule has 0 unspecified atom stereocenters. The number of halogens is 2. The molecule has 0 fully saturated rings. The average Bonchev–Trinajstić information content (AvgIpc) is 2.35. The molecule has 3 nitrogen and oxygen atoms in total. The zero-order chi connectivity index (χ0) is 13.1. The summed E-state index contributed by atoms with van der Waals surface area (Å²) in [7, 11) is 0. The number of esters is 1. The minimum absolute atomic E-state index is 0.313. The monoisotopic (exact) mass is 281 g/mol. The maximum atomic E-state index is 11.8. The number of aryl methyl sites for hydroxylation is 1. The molecule has 0 bridgehead atoms. The molecule has 0 N–H and O–H groups in total. The molecule has 0 amide bonds. The van der Waals surface area contributed by atoms with E-state index >= 15 is 0 Å². The maximum absolute atomic E-state index is 11.8. The lowest BCUT2D eigenvalue weighted by molar-refractivity contribution is 0.0734. The zero-order valence-electron chi connectivity index (χ0n) is 9.48. The Bertz CT molecular complexity index is 582. The molecule has 5 heteroatoms. The molecular weight excluding hydrogens is 273 g/mol. The zero-order valence-corrected chi connectivity index (χ0v) is 11.0. The summed E-state index contributed by atoms with van der Waals surface area (Å²) < 4.78 is 5.15. The summed E-state index contributed by atoms with van der Waals surface area (Å²) in [6.45, 7) is 1.85. The van der Waals surface area contributed by atoms with E-state index in [0.29, 0.717) is 21.4 Å². The first-order valence-corrected chi connectivity index (χ1v) is 5.92. The van der Waals surface area contributed by atoms with Crippen molar-refractivity contribution in [3.63, 3.8) is 0 Å². The van der Waals surface area contributed by atoms with Crippen molar-refractivity contribution >= 4 is 29.2 Å². The van der Waals surface area contributed by atoms with Crippen LogP contribution in [0.15, 0.2) is 36.5 Å². The van der Waals surface area contributed by atoms with Crippen LogP contribution in [0.5, 0.6) is 5.75 Å². The highest BCUT2D eigenvalue weighted by Gasteiger charge is 2.10. The van der Waals surface area contributed by atoms with E-state index in [1.54, 1.807) is 24.3 Å². The molecule has 1 aromatic heterocycles. The molecule has 2 aromatic rings. The van der Waals surface area contributed by atoms with Crippen LogP contribution in [-0.2, 0) is 0 Å². The van der Waals surface area contributed by atoms with Gasteiger partial charge in [0, 0.05) is 5.69 Å². The van der Waals surface area contributed by atoms with Gasteiger partial charge in [0.1, 0.15) is 5.75 Å². The molecule has 0 atom stereocenters. The van der Waals surface area contributed by atoms with E-state index in [2.05, 4.69) is 4.98 Å². The second-order valence-corrected chi connectivity index (χ2v) is 4.47. The van der Waals surface area contributed by atoms with Crippen molar-refractivity contribution in [2.24, 2.45) is 0 Å². The molecule has 2 rings (SSSR count). The van der Waals surface area contributed by atoms with E-state index in [0.717, 1.165) is 5.69 Å². The van der Waals surface area contributed by atoms with Gasteiger partial charge in [-0.3, -0.25) is 4.98 Å². The van der Waals surface area contributed by atoms with Crippen molar-refractivity contribution in [1.82, 2.24) is 4.98 Å². The lowest BCUT2D eigenvalue weighted by atomic mass is 10.2. The van der Waals surface area contributed by atoms with Crippen molar-refractivity contribution in [1.29, 1.82) is 0 Å². The van der Waals surface area contributed by atoms with Gasteiger partial charge in [0.15, 0.2) is 0 Å². The summed E-state index contributed by atoms with van der Waals surface area (Å²) in [4.78, 5) is 15.8. The highest BCUT2D eigenvalue weighted by molar-refractivity contribution is 6.42. The van der Waals surface area contributed by atoms with E-state index in [-0.39, 0.29) is 0 Å². The fraction of sp³-hybridized carbons (Fsp3) is 0.0769. The van der Waals surface area contributed by atoms with E-state index in [1.165, 1.54) is 12.3 Å². The summed E-state index contributed by atoms with van der Waals surface area (Å²) >= 11 is 11.6. The maximum Gasteiger partial charge on any atom is 0.343 e. The first-order chi connectivity index (χ1) is 8.56. The van der Waals surface area contributed by atoms with Gasteiger partial charge in [0.2, 0.25) is 0 Å². The Kier molecular flexibility index (Phi) is 3.84. The molecular formula is C13H9Cl2NO2. The summed E-state index contributed by atoms with van der Waals surface area (Å²) in [5.74, 6) is -0.115. The first kappa shape index (κ1) is 12.9. The molecule has 0 saturated carbocycles.